The number of piperidine rings is 1. The molecule has 2 saturated heterocycles. The van der Waals surface area contributed by atoms with Crippen molar-refractivity contribution in [3.8, 4) is 11.3 Å². The summed E-state index contributed by atoms with van der Waals surface area (Å²) in [6, 6.07) is 7.75. The second-order valence-electron chi connectivity index (χ2n) is 10.2. The molecule has 0 bridgehead atoms. The lowest BCUT2D eigenvalue weighted by Crippen LogP contribution is -2.36. The molecule has 0 aromatic carbocycles. The number of morpholine rings is 1. The number of carbonyl (C=O) groups is 1. The number of rotatable bonds is 7. The fourth-order valence-electron chi connectivity index (χ4n) is 5.35. The summed E-state index contributed by atoms with van der Waals surface area (Å²) in [5.41, 5.74) is 4.52. The molecule has 38 heavy (non-hydrogen) atoms. The van der Waals surface area contributed by atoms with E-state index in [1.54, 1.807) is 18.5 Å². The van der Waals surface area contributed by atoms with Gasteiger partial charge in [0.2, 0.25) is 0 Å². The van der Waals surface area contributed by atoms with Crippen LogP contribution in [0.15, 0.2) is 49.1 Å². The van der Waals surface area contributed by atoms with Gasteiger partial charge >= 0.3 is 0 Å². The molecule has 0 atom stereocenters. The summed E-state index contributed by atoms with van der Waals surface area (Å²) in [4.78, 5) is 31.6. The first kappa shape index (κ1) is 24.6. The molecule has 196 valence electrons. The second-order valence-corrected chi connectivity index (χ2v) is 10.2. The Morgan fingerprint density at radius 2 is 1.74 bits per heavy atom. The zero-order valence-electron chi connectivity index (χ0n) is 21.8. The monoisotopic (exact) mass is 511 g/mol. The van der Waals surface area contributed by atoms with Crippen molar-refractivity contribution >= 4 is 22.4 Å². The quantitative estimate of drug-likeness (QED) is 0.347. The van der Waals surface area contributed by atoms with Crippen LogP contribution in [0.3, 0.4) is 0 Å². The molecule has 9 nitrogen and oxygen atoms in total. The number of ketones is 1. The first-order valence-electron chi connectivity index (χ1n) is 13.4. The molecular weight excluding hydrogens is 478 g/mol. The fraction of sp³-hybridized carbons (Fsp3) is 0.414. The van der Waals surface area contributed by atoms with Crippen LogP contribution >= 0.6 is 0 Å². The molecule has 6 heterocycles. The lowest BCUT2D eigenvalue weighted by molar-refractivity contribution is 0.0992. The number of carbonyl (C=O) groups excluding carboxylic acids is 1. The molecule has 2 aliphatic rings. The van der Waals surface area contributed by atoms with Crippen LogP contribution in [0.25, 0.3) is 22.0 Å². The number of hydrogen-bond donors (Lipinski definition) is 0. The van der Waals surface area contributed by atoms with Crippen LogP contribution in [0.1, 0.15) is 41.0 Å². The molecule has 0 N–H and O–H groups in total. The number of aromatic nitrogens is 5. The summed E-state index contributed by atoms with van der Waals surface area (Å²) in [5, 5.41) is 6.51. The smallest absolute Gasteiger partial charge is 0.169 e. The van der Waals surface area contributed by atoms with Crippen molar-refractivity contribution in [3.63, 3.8) is 0 Å². The van der Waals surface area contributed by atoms with Gasteiger partial charge in [0.25, 0.3) is 0 Å². The second kappa shape index (κ2) is 11.0. The topological polar surface area (TPSA) is 89.3 Å². The van der Waals surface area contributed by atoms with Gasteiger partial charge in [0.05, 0.1) is 37.2 Å². The average molecular weight is 512 g/mol. The van der Waals surface area contributed by atoms with Crippen LogP contribution in [0.4, 0.5) is 5.82 Å². The van der Waals surface area contributed by atoms with Crippen LogP contribution in [-0.2, 0) is 24.8 Å². The maximum Gasteiger partial charge on any atom is 0.169 e. The van der Waals surface area contributed by atoms with Gasteiger partial charge in [-0.3, -0.25) is 24.3 Å². The highest BCUT2D eigenvalue weighted by Crippen LogP contribution is 2.27. The van der Waals surface area contributed by atoms with Gasteiger partial charge in [-0.15, -0.1) is 0 Å². The lowest BCUT2D eigenvalue weighted by Gasteiger charge is -2.27. The Hall–Kier alpha value is -3.69. The van der Waals surface area contributed by atoms with Gasteiger partial charge in [-0.25, -0.2) is 4.98 Å². The fourth-order valence-corrected chi connectivity index (χ4v) is 5.35. The number of ether oxygens (including phenoxy) is 1. The van der Waals surface area contributed by atoms with Crippen molar-refractivity contribution in [2.75, 3.05) is 44.3 Å². The Morgan fingerprint density at radius 3 is 2.58 bits per heavy atom. The molecular formula is C29H33N7O2. The lowest BCUT2D eigenvalue weighted by atomic mass is 10.0. The first-order valence-corrected chi connectivity index (χ1v) is 13.4. The van der Waals surface area contributed by atoms with E-state index in [2.05, 4.69) is 30.9 Å². The molecule has 0 amide bonds. The maximum absolute atomic E-state index is 13.2. The molecule has 0 aliphatic carbocycles. The van der Waals surface area contributed by atoms with Gasteiger partial charge in [-0.2, -0.15) is 5.10 Å². The highest BCUT2D eigenvalue weighted by molar-refractivity contribution is 5.98. The predicted molar refractivity (Wildman–Crippen MR) is 146 cm³/mol. The summed E-state index contributed by atoms with van der Waals surface area (Å²) >= 11 is 0. The molecule has 0 radical (unpaired) electrons. The van der Waals surface area contributed by atoms with E-state index in [0.29, 0.717) is 18.8 Å². The zero-order valence-corrected chi connectivity index (χ0v) is 21.8. The highest BCUT2D eigenvalue weighted by Gasteiger charge is 2.19. The number of likely N-dealkylation sites (tertiary alicyclic amines) is 1. The van der Waals surface area contributed by atoms with Crippen LogP contribution in [-0.4, -0.2) is 74.8 Å². The summed E-state index contributed by atoms with van der Waals surface area (Å²) in [6.45, 7) is 6.05. The van der Waals surface area contributed by atoms with E-state index in [-0.39, 0.29) is 12.2 Å². The van der Waals surface area contributed by atoms with Gasteiger partial charge in [0.1, 0.15) is 5.82 Å². The standard InChI is InChI=1S/C29H33N7O2/c1-34-27(20-35-7-3-2-4-8-35)25(19-33-34)26-14-22-13-24(31-17-23(22)18-32-26)16-28(37)21-5-6-30-29(15-21)36-9-11-38-12-10-36/h5-6,13-15,17-19H,2-4,7-12,16,20H2,1H3. The van der Waals surface area contributed by atoms with E-state index in [1.807, 2.05) is 36.3 Å². The number of nitrogens with zero attached hydrogens (tertiary/aromatic N) is 7. The average Bonchev–Trinajstić information content (AvgIpc) is 3.33. The third-order valence-corrected chi connectivity index (χ3v) is 7.56. The predicted octanol–water partition coefficient (Wildman–Crippen LogP) is 3.67. The summed E-state index contributed by atoms with van der Waals surface area (Å²) in [5.74, 6) is 0.845. The number of hydrogen-bond acceptors (Lipinski definition) is 8. The van der Waals surface area contributed by atoms with Gasteiger partial charge < -0.3 is 9.64 Å². The Balaban J connectivity index is 1.22. The largest absolute Gasteiger partial charge is 0.378 e. The SMILES string of the molecule is Cn1ncc(-c2cc3cc(CC(=O)c4ccnc(N5CCOCC5)c4)ncc3cn2)c1CN1CCCCC1. The molecule has 9 heteroatoms. The molecule has 0 saturated carbocycles. The van der Waals surface area contributed by atoms with Crippen molar-refractivity contribution in [2.24, 2.45) is 7.05 Å². The maximum atomic E-state index is 13.2. The van der Waals surface area contributed by atoms with Gasteiger partial charge in [0, 0.05) is 67.5 Å². The van der Waals surface area contributed by atoms with E-state index in [4.69, 9.17) is 9.72 Å². The van der Waals surface area contributed by atoms with Crippen molar-refractivity contribution in [1.29, 1.82) is 0 Å². The number of aryl methyl sites for hydroxylation is 1. The molecule has 4 aromatic rings. The van der Waals surface area contributed by atoms with Crippen molar-refractivity contribution in [1.82, 2.24) is 29.6 Å². The van der Waals surface area contributed by atoms with E-state index in [1.165, 1.54) is 25.0 Å². The Bertz CT molecular complexity index is 1440. The minimum atomic E-state index is 0.0270. The molecule has 0 unspecified atom stereocenters. The number of anilines is 1. The number of Topliss-reactive ketones (excluding diaryl/α,β-unsaturated/α-hetero) is 1. The Morgan fingerprint density at radius 1 is 0.921 bits per heavy atom. The van der Waals surface area contributed by atoms with Crippen LogP contribution in [0, 0.1) is 0 Å². The van der Waals surface area contributed by atoms with Gasteiger partial charge in [0.15, 0.2) is 5.78 Å². The summed E-state index contributed by atoms with van der Waals surface area (Å²) < 4.78 is 7.40. The van der Waals surface area contributed by atoms with Gasteiger partial charge in [-0.05, 0) is 55.6 Å². The molecule has 2 fully saturated rings. The zero-order chi connectivity index (χ0) is 25.9. The van der Waals surface area contributed by atoms with Crippen molar-refractivity contribution in [3.05, 3.63) is 66.0 Å². The summed E-state index contributed by atoms with van der Waals surface area (Å²) in [7, 11) is 2.00. The van der Waals surface area contributed by atoms with Crippen molar-refractivity contribution < 1.29 is 9.53 Å². The number of fused-ring (bicyclic) bond motifs is 1. The first-order chi connectivity index (χ1) is 18.6. The van der Waals surface area contributed by atoms with E-state index in [9.17, 15) is 4.79 Å². The van der Waals surface area contributed by atoms with E-state index in [0.717, 1.165) is 66.3 Å². The summed E-state index contributed by atoms with van der Waals surface area (Å²) in [6.07, 6.45) is 11.3. The Labute approximate surface area is 222 Å². The minimum Gasteiger partial charge on any atom is -0.378 e. The molecule has 6 rings (SSSR count). The van der Waals surface area contributed by atoms with Crippen LogP contribution < -0.4 is 4.90 Å². The third kappa shape index (κ3) is 5.30. The van der Waals surface area contributed by atoms with Crippen LogP contribution in [0.2, 0.25) is 0 Å². The van der Waals surface area contributed by atoms with Gasteiger partial charge in [-0.1, -0.05) is 6.42 Å². The molecule has 2 aliphatic heterocycles. The normalized spacial score (nSPS) is 16.7. The minimum absolute atomic E-state index is 0.0270. The van der Waals surface area contributed by atoms with Crippen LogP contribution in [0.5, 0.6) is 0 Å². The number of pyridine rings is 3. The van der Waals surface area contributed by atoms with Crippen molar-refractivity contribution in [2.45, 2.75) is 32.2 Å². The highest BCUT2D eigenvalue weighted by atomic mass is 16.5. The Kier molecular flexibility index (Phi) is 7.11. The van der Waals surface area contributed by atoms with E-state index < -0.39 is 0 Å². The van der Waals surface area contributed by atoms with E-state index >= 15 is 0 Å². The molecule has 4 aromatic heterocycles. The molecule has 0 spiro atoms. The third-order valence-electron chi connectivity index (χ3n) is 7.56.